The van der Waals surface area contributed by atoms with Crippen LogP contribution in [0.1, 0.15) is 5.56 Å². The van der Waals surface area contributed by atoms with Gasteiger partial charge >= 0.3 is 5.97 Å². The van der Waals surface area contributed by atoms with Crippen molar-refractivity contribution in [2.24, 2.45) is 5.73 Å². The Bertz CT molecular complexity index is 382. The molecule has 0 atom stereocenters. The predicted octanol–water partition coefficient (Wildman–Crippen LogP) is 1.35. The summed E-state index contributed by atoms with van der Waals surface area (Å²) in [5.41, 5.74) is 3.95. The first kappa shape index (κ1) is 10.2. The van der Waals surface area contributed by atoms with Crippen LogP contribution in [0, 0.1) is 11.6 Å². The molecule has 0 amide bonds. The molecule has 0 saturated carbocycles. The Labute approximate surface area is 78.5 Å². The lowest BCUT2D eigenvalue weighted by atomic mass is 10.1. The summed E-state index contributed by atoms with van der Waals surface area (Å²) in [5, 5.41) is 8.39. The molecule has 0 bridgehead atoms. The molecule has 1 aromatic rings. The molecule has 0 fully saturated rings. The van der Waals surface area contributed by atoms with Crippen LogP contribution in [-0.2, 0) is 4.79 Å². The zero-order chi connectivity index (χ0) is 10.7. The lowest BCUT2D eigenvalue weighted by Gasteiger charge is -1.99. The van der Waals surface area contributed by atoms with Gasteiger partial charge in [0.05, 0.1) is 0 Å². The monoisotopic (exact) mass is 199 g/mol. The minimum absolute atomic E-state index is 0.451. The molecule has 5 heteroatoms. The lowest BCUT2D eigenvalue weighted by molar-refractivity contribution is -0.132. The number of nitrogens with two attached hydrogens (primary N) is 1. The zero-order valence-electron chi connectivity index (χ0n) is 7.00. The number of hydrogen-bond acceptors (Lipinski definition) is 2. The Morgan fingerprint density at radius 2 is 1.86 bits per heavy atom. The molecule has 3 N–H and O–H groups in total. The summed E-state index contributed by atoms with van der Waals surface area (Å²) in [6.45, 7) is 0. The van der Waals surface area contributed by atoms with Crippen molar-refractivity contribution in [2.75, 3.05) is 0 Å². The van der Waals surface area contributed by atoms with E-state index in [1.165, 1.54) is 6.07 Å². The molecule has 0 spiro atoms. The fraction of sp³-hybridized carbons (Fsp3) is 0. The Morgan fingerprint density at radius 1 is 1.36 bits per heavy atom. The van der Waals surface area contributed by atoms with Crippen LogP contribution in [0.4, 0.5) is 8.78 Å². The fourth-order valence-electron chi connectivity index (χ4n) is 0.866. The topological polar surface area (TPSA) is 63.3 Å². The summed E-state index contributed by atoms with van der Waals surface area (Å²) in [4.78, 5) is 10.3. The molecule has 0 aliphatic carbocycles. The van der Waals surface area contributed by atoms with Crippen molar-refractivity contribution in [3.8, 4) is 0 Å². The lowest BCUT2D eigenvalue weighted by Crippen LogP contribution is -2.09. The summed E-state index contributed by atoms with van der Waals surface area (Å²) in [5.74, 6) is -3.13. The van der Waals surface area contributed by atoms with Crippen LogP contribution < -0.4 is 5.73 Å². The van der Waals surface area contributed by atoms with Crippen molar-refractivity contribution in [2.45, 2.75) is 0 Å². The van der Waals surface area contributed by atoms with E-state index >= 15 is 0 Å². The van der Waals surface area contributed by atoms with Gasteiger partial charge in [-0.3, -0.25) is 0 Å². The highest BCUT2D eigenvalue weighted by atomic mass is 19.1. The van der Waals surface area contributed by atoms with Gasteiger partial charge in [0.1, 0.15) is 17.3 Å². The van der Waals surface area contributed by atoms with Crippen molar-refractivity contribution in [1.82, 2.24) is 0 Å². The molecule has 0 unspecified atom stereocenters. The molecule has 0 saturated heterocycles. The Balaban J connectivity index is 3.20. The van der Waals surface area contributed by atoms with Crippen LogP contribution in [0.5, 0.6) is 0 Å². The molecule has 0 aliphatic heterocycles. The molecule has 0 aliphatic rings. The number of carboxylic acid groups (broad SMARTS) is 1. The number of carbonyl (C=O) groups is 1. The van der Waals surface area contributed by atoms with E-state index in [1.807, 2.05) is 0 Å². The van der Waals surface area contributed by atoms with Gasteiger partial charge in [0, 0.05) is 5.56 Å². The van der Waals surface area contributed by atoms with E-state index in [1.54, 1.807) is 0 Å². The average Bonchev–Trinajstić information content (AvgIpc) is 2.11. The van der Waals surface area contributed by atoms with Gasteiger partial charge in [-0.1, -0.05) is 6.07 Å². The highest BCUT2D eigenvalue weighted by Crippen LogP contribution is 2.14. The van der Waals surface area contributed by atoms with Crippen LogP contribution in [0.25, 0.3) is 6.08 Å². The second kappa shape index (κ2) is 3.87. The quantitative estimate of drug-likeness (QED) is 0.706. The van der Waals surface area contributed by atoms with E-state index in [4.69, 9.17) is 10.8 Å². The van der Waals surface area contributed by atoms with Gasteiger partial charge in [0.2, 0.25) is 0 Å². The summed E-state index contributed by atoms with van der Waals surface area (Å²) in [6, 6.07) is 3.22. The second-order valence-corrected chi connectivity index (χ2v) is 2.54. The SMILES string of the molecule is N/C(=C/c1c(F)cccc1F)C(=O)O. The predicted molar refractivity (Wildman–Crippen MR) is 46.2 cm³/mol. The second-order valence-electron chi connectivity index (χ2n) is 2.54. The van der Waals surface area contributed by atoms with Gasteiger partial charge in [-0.15, -0.1) is 0 Å². The molecule has 74 valence electrons. The summed E-state index contributed by atoms with van der Waals surface area (Å²) in [7, 11) is 0. The maximum atomic E-state index is 12.9. The third-order valence-electron chi connectivity index (χ3n) is 1.55. The molecule has 0 heterocycles. The molecule has 3 nitrogen and oxygen atoms in total. The maximum absolute atomic E-state index is 12.9. The summed E-state index contributed by atoms with van der Waals surface area (Å²) >= 11 is 0. The van der Waals surface area contributed by atoms with Crippen LogP contribution in [0.15, 0.2) is 23.9 Å². The van der Waals surface area contributed by atoms with E-state index in [2.05, 4.69) is 0 Å². The van der Waals surface area contributed by atoms with Crippen LogP contribution >= 0.6 is 0 Å². The molecule has 0 aromatic heterocycles. The van der Waals surface area contributed by atoms with E-state index in [-0.39, 0.29) is 0 Å². The van der Waals surface area contributed by atoms with Gasteiger partial charge < -0.3 is 10.8 Å². The Hall–Kier alpha value is -1.91. The largest absolute Gasteiger partial charge is 0.477 e. The molecule has 14 heavy (non-hydrogen) atoms. The third kappa shape index (κ3) is 2.07. The number of halogens is 2. The van der Waals surface area contributed by atoms with Crippen molar-refractivity contribution >= 4 is 12.0 Å². The van der Waals surface area contributed by atoms with Gasteiger partial charge in [-0.2, -0.15) is 0 Å². The number of rotatable bonds is 2. The van der Waals surface area contributed by atoms with E-state index < -0.39 is 28.9 Å². The molecule has 1 rings (SSSR count). The van der Waals surface area contributed by atoms with Crippen molar-refractivity contribution in [3.05, 3.63) is 41.1 Å². The first-order valence-corrected chi connectivity index (χ1v) is 3.67. The molecular weight excluding hydrogens is 192 g/mol. The van der Waals surface area contributed by atoms with Gasteiger partial charge in [0.15, 0.2) is 0 Å². The van der Waals surface area contributed by atoms with Gasteiger partial charge in [-0.05, 0) is 18.2 Å². The number of aliphatic carboxylic acids is 1. The highest BCUT2D eigenvalue weighted by Gasteiger charge is 2.08. The Morgan fingerprint density at radius 3 is 2.29 bits per heavy atom. The first-order chi connectivity index (χ1) is 6.52. The van der Waals surface area contributed by atoms with E-state index in [0.29, 0.717) is 0 Å². The van der Waals surface area contributed by atoms with Crippen molar-refractivity contribution in [3.63, 3.8) is 0 Å². The van der Waals surface area contributed by atoms with Gasteiger partial charge in [-0.25, -0.2) is 13.6 Å². The highest BCUT2D eigenvalue weighted by molar-refractivity contribution is 5.91. The standard InChI is InChI=1S/C9H7F2NO2/c10-6-2-1-3-7(11)5(6)4-8(12)9(13)14/h1-4H,12H2,(H,13,14)/b8-4+. The van der Waals surface area contributed by atoms with Crippen LogP contribution in [0.3, 0.4) is 0 Å². The van der Waals surface area contributed by atoms with Gasteiger partial charge in [0.25, 0.3) is 0 Å². The Kier molecular flexibility index (Phi) is 2.81. The number of carboxylic acids is 1. The smallest absolute Gasteiger partial charge is 0.351 e. The van der Waals surface area contributed by atoms with Crippen LogP contribution in [-0.4, -0.2) is 11.1 Å². The summed E-state index contributed by atoms with van der Waals surface area (Å²) < 4.78 is 25.9. The normalized spacial score (nSPS) is 11.4. The van der Waals surface area contributed by atoms with Crippen molar-refractivity contribution < 1.29 is 18.7 Å². The first-order valence-electron chi connectivity index (χ1n) is 3.67. The molecular formula is C9H7F2NO2. The minimum Gasteiger partial charge on any atom is -0.477 e. The molecule has 0 radical (unpaired) electrons. The number of benzene rings is 1. The number of hydrogen-bond donors (Lipinski definition) is 2. The third-order valence-corrected chi connectivity index (χ3v) is 1.55. The average molecular weight is 199 g/mol. The molecule has 1 aromatic carbocycles. The fourth-order valence-corrected chi connectivity index (χ4v) is 0.866. The van der Waals surface area contributed by atoms with E-state index in [9.17, 15) is 13.6 Å². The zero-order valence-corrected chi connectivity index (χ0v) is 7.00. The van der Waals surface area contributed by atoms with Crippen molar-refractivity contribution in [1.29, 1.82) is 0 Å². The maximum Gasteiger partial charge on any atom is 0.351 e. The van der Waals surface area contributed by atoms with E-state index in [0.717, 1.165) is 18.2 Å². The summed E-state index contributed by atoms with van der Waals surface area (Å²) in [6.07, 6.45) is 0.743. The minimum atomic E-state index is -1.42. The van der Waals surface area contributed by atoms with Crippen LogP contribution in [0.2, 0.25) is 0 Å².